The van der Waals surface area contributed by atoms with Crippen molar-refractivity contribution in [1.82, 2.24) is 9.13 Å². The lowest BCUT2D eigenvalue weighted by atomic mass is 10.1. The molecule has 30 heavy (non-hydrogen) atoms. The maximum atomic E-state index is 13.4. The van der Waals surface area contributed by atoms with Crippen molar-refractivity contribution in [2.75, 3.05) is 5.32 Å². The summed E-state index contributed by atoms with van der Waals surface area (Å²) in [5, 5.41) is 4.56. The van der Waals surface area contributed by atoms with Gasteiger partial charge in [0, 0.05) is 4.47 Å². The minimum Gasteiger partial charge on any atom is -0.324 e. The fourth-order valence-corrected chi connectivity index (χ4v) is 4.52. The zero-order valence-electron chi connectivity index (χ0n) is 16.3. The second-order valence-corrected chi connectivity index (χ2v) is 8.73. The van der Waals surface area contributed by atoms with E-state index < -0.39 is 5.69 Å². The van der Waals surface area contributed by atoms with Crippen LogP contribution in [0.1, 0.15) is 11.1 Å². The molecule has 0 bridgehead atoms. The lowest BCUT2D eigenvalue weighted by Gasteiger charge is -2.14. The van der Waals surface area contributed by atoms with E-state index in [1.165, 1.54) is 15.9 Å². The van der Waals surface area contributed by atoms with Gasteiger partial charge < -0.3 is 5.32 Å². The van der Waals surface area contributed by atoms with Crippen LogP contribution in [0.3, 0.4) is 0 Å². The van der Waals surface area contributed by atoms with Gasteiger partial charge in [-0.05, 0) is 70.5 Å². The standard InChI is InChI=1S/C22H18BrN3O3S/c1-13-7-8-14(2)18(11-13)26-21(28)20-17(9-10-30-20)25(22(26)29)12-19(27)24-16-6-4-3-5-15(16)23/h3-11H,12H2,1-2H3,(H,24,27). The van der Waals surface area contributed by atoms with Crippen LogP contribution in [0.25, 0.3) is 15.9 Å². The number of nitrogens with one attached hydrogen (secondary N) is 1. The van der Waals surface area contributed by atoms with Gasteiger partial charge in [0.15, 0.2) is 0 Å². The quantitative estimate of drug-likeness (QED) is 0.471. The second-order valence-electron chi connectivity index (χ2n) is 6.96. The molecule has 4 aromatic rings. The molecule has 8 heteroatoms. The van der Waals surface area contributed by atoms with Gasteiger partial charge in [-0.25, -0.2) is 9.36 Å². The van der Waals surface area contributed by atoms with E-state index in [1.54, 1.807) is 17.5 Å². The number of para-hydroxylation sites is 1. The molecule has 0 aliphatic carbocycles. The molecule has 0 aliphatic heterocycles. The van der Waals surface area contributed by atoms with Crippen molar-refractivity contribution < 1.29 is 4.79 Å². The number of aryl methyl sites for hydroxylation is 2. The summed E-state index contributed by atoms with van der Waals surface area (Å²) in [5.41, 5.74) is 2.42. The van der Waals surface area contributed by atoms with Crippen LogP contribution in [0.5, 0.6) is 0 Å². The SMILES string of the molecule is Cc1ccc(C)c(-n2c(=O)c3sccc3n(CC(=O)Nc3ccccc3Br)c2=O)c1. The highest BCUT2D eigenvalue weighted by Gasteiger charge is 2.19. The smallest absolute Gasteiger partial charge is 0.324 e. The molecule has 0 atom stereocenters. The average molecular weight is 484 g/mol. The van der Waals surface area contributed by atoms with E-state index in [2.05, 4.69) is 21.2 Å². The maximum absolute atomic E-state index is 13.4. The van der Waals surface area contributed by atoms with Crippen LogP contribution in [-0.2, 0) is 11.3 Å². The van der Waals surface area contributed by atoms with Crippen LogP contribution >= 0.6 is 27.3 Å². The molecule has 0 aliphatic rings. The summed E-state index contributed by atoms with van der Waals surface area (Å²) in [4.78, 5) is 39.2. The Morgan fingerprint density at radius 2 is 1.87 bits per heavy atom. The van der Waals surface area contributed by atoms with E-state index in [9.17, 15) is 14.4 Å². The Morgan fingerprint density at radius 3 is 2.63 bits per heavy atom. The molecule has 0 radical (unpaired) electrons. The maximum Gasteiger partial charge on any atom is 0.336 e. The number of aromatic nitrogens is 2. The summed E-state index contributed by atoms with van der Waals surface area (Å²) in [6, 6.07) is 14.5. The minimum absolute atomic E-state index is 0.210. The molecule has 0 unspecified atom stereocenters. The number of hydrogen-bond donors (Lipinski definition) is 1. The van der Waals surface area contributed by atoms with E-state index in [0.717, 1.165) is 20.2 Å². The number of halogens is 1. The van der Waals surface area contributed by atoms with Crippen LogP contribution in [0.15, 0.2) is 68.0 Å². The Balaban J connectivity index is 1.84. The third-order valence-electron chi connectivity index (χ3n) is 4.81. The van der Waals surface area contributed by atoms with Crippen molar-refractivity contribution in [2.45, 2.75) is 20.4 Å². The molecule has 0 fully saturated rings. The molecular formula is C22H18BrN3O3S. The molecule has 0 spiro atoms. The van der Waals surface area contributed by atoms with E-state index >= 15 is 0 Å². The summed E-state index contributed by atoms with van der Waals surface area (Å²) in [6.45, 7) is 3.54. The monoisotopic (exact) mass is 483 g/mol. The number of amides is 1. The first-order valence-electron chi connectivity index (χ1n) is 9.22. The second kappa shape index (κ2) is 8.04. The lowest BCUT2D eigenvalue weighted by Crippen LogP contribution is -2.40. The Kier molecular flexibility index (Phi) is 5.44. The van der Waals surface area contributed by atoms with Gasteiger partial charge in [-0.3, -0.25) is 14.2 Å². The van der Waals surface area contributed by atoms with Gasteiger partial charge in [0.1, 0.15) is 11.2 Å². The lowest BCUT2D eigenvalue weighted by molar-refractivity contribution is -0.116. The van der Waals surface area contributed by atoms with Crippen LogP contribution in [-0.4, -0.2) is 15.0 Å². The van der Waals surface area contributed by atoms with Crippen molar-refractivity contribution in [3.63, 3.8) is 0 Å². The highest BCUT2D eigenvalue weighted by atomic mass is 79.9. The first-order chi connectivity index (χ1) is 14.4. The molecule has 6 nitrogen and oxygen atoms in total. The van der Waals surface area contributed by atoms with E-state index in [1.807, 2.05) is 50.2 Å². The van der Waals surface area contributed by atoms with Gasteiger partial charge in [0.2, 0.25) is 5.91 Å². The Labute approximate surface area is 184 Å². The number of hydrogen-bond acceptors (Lipinski definition) is 4. The first kappa shape index (κ1) is 20.3. The Bertz CT molecular complexity index is 1400. The highest BCUT2D eigenvalue weighted by molar-refractivity contribution is 9.10. The molecule has 2 heterocycles. The van der Waals surface area contributed by atoms with Crippen molar-refractivity contribution in [3.8, 4) is 5.69 Å². The number of fused-ring (bicyclic) bond motifs is 1. The molecule has 4 rings (SSSR count). The Morgan fingerprint density at radius 1 is 1.10 bits per heavy atom. The molecule has 1 amide bonds. The minimum atomic E-state index is -0.540. The zero-order valence-corrected chi connectivity index (χ0v) is 18.7. The van der Waals surface area contributed by atoms with Crippen molar-refractivity contribution in [3.05, 3.63) is 90.3 Å². The predicted octanol–water partition coefficient (Wildman–Crippen LogP) is 4.23. The molecule has 0 saturated carbocycles. The zero-order chi connectivity index (χ0) is 21.4. The number of benzene rings is 2. The van der Waals surface area contributed by atoms with E-state index in [0.29, 0.717) is 21.6 Å². The van der Waals surface area contributed by atoms with Gasteiger partial charge in [0.05, 0.1) is 16.9 Å². The Hall–Kier alpha value is -2.97. The molecular weight excluding hydrogens is 466 g/mol. The van der Waals surface area contributed by atoms with Crippen LogP contribution < -0.4 is 16.6 Å². The number of nitrogens with zero attached hydrogens (tertiary/aromatic N) is 2. The summed E-state index contributed by atoms with van der Waals surface area (Å²) >= 11 is 4.65. The normalized spacial score (nSPS) is 11.0. The molecule has 0 saturated heterocycles. The van der Waals surface area contributed by atoms with Gasteiger partial charge >= 0.3 is 5.69 Å². The molecule has 152 valence electrons. The molecule has 1 N–H and O–H groups in total. The highest BCUT2D eigenvalue weighted by Crippen LogP contribution is 2.22. The van der Waals surface area contributed by atoms with Crippen molar-refractivity contribution in [1.29, 1.82) is 0 Å². The topological polar surface area (TPSA) is 73.1 Å². The largest absolute Gasteiger partial charge is 0.336 e. The number of rotatable bonds is 4. The van der Waals surface area contributed by atoms with Gasteiger partial charge in [-0.2, -0.15) is 0 Å². The number of thiophene rings is 1. The third kappa shape index (κ3) is 3.64. The summed E-state index contributed by atoms with van der Waals surface area (Å²) in [5.74, 6) is -0.359. The number of carbonyl (C=O) groups excluding carboxylic acids is 1. The van der Waals surface area contributed by atoms with Crippen LogP contribution in [0, 0.1) is 13.8 Å². The fraction of sp³-hybridized carbons (Fsp3) is 0.136. The fourth-order valence-electron chi connectivity index (χ4n) is 3.31. The first-order valence-corrected chi connectivity index (χ1v) is 10.9. The number of carbonyl (C=O) groups is 1. The van der Waals surface area contributed by atoms with Gasteiger partial charge in [-0.1, -0.05) is 24.3 Å². The van der Waals surface area contributed by atoms with Crippen LogP contribution in [0.2, 0.25) is 0 Å². The van der Waals surface area contributed by atoms with Crippen molar-refractivity contribution >= 4 is 49.1 Å². The predicted molar refractivity (Wildman–Crippen MR) is 124 cm³/mol. The third-order valence-corrected chi connectivity index (χ3v) is 6.39. The summed E-state index contributed by atoms with van der Waals surface area (Å²) in [6.07, 6.45) is 0. The molecule has 2 aromatic carbocycles. The van der Waals surface area contributed by atoms with Crippen molar-refractivity contribution in [2.24, 2.45) is 0 Å². The van der Waals surface area contributed by atoms with E-state index in [4.69, 9.17) is 0 Å². The van der Waals surface area contributed by atoms with E-state index in [-0.39, 0.29) is 18.0 Å². The number of anilines is 1. The van der Waals surface area contributed by atoms with Gasteiger partial charge in [0.25, 0.3) is 5.56 Å². The molecule has 2 aromatic heterocycles. The summed E-state index contributed by atoms with van der Waals surface area (Å²) < 4.78 is 3.68. The van der Waals surface area contributed by atoms with Gasteiger partial charge in [-0.15, -0.1) is 11.3 Å². The average Bonchev–Trinajstić information content (AvgIpc) is 3.20. The van der Waals surface area contributed by atoms with Crippen LogP contribution in [0.4, 0.5) is 5.69 Å². The summed E-state index contributed by atoms with van der Waals surface area (Å²) in [7, 11) is 0.